The molecule has 0 saturated heterocycles. The molecule has 0 radical (unpaired) electrons. The molecule has 1 amide bonds. The maximum atomic E-state index is 13.9. The van der Waals surface area contributed by atoms with Gasteiger partial charge >= 0.3 is 0 Å². The number of rotatable bonds is 5. The summed E-state index contributed by atoms with van der Waals surface area (Å²) in [5.41, 5.74) is 2.20. The molecule has 1 N–H and O–H groups in total. The zero-order chi connectivity index (χ0) is 22.1. The molecule has 0 aliphatic heterocycles. The monoisotopic (exact) mass is 483 g/mol. The van der Waals surface area contributed by atoms with Gasteiger partial charge in [0.1, 0.15) is 17.0 Å². The maximum Gasteiger partial charge on any atom is 0.264 e. The van der Waals surface area contributed by atoms with E-state index in [1.807, 2.05) is 31.2 Å². The van der Waals surface area contributed by atoms with Crippen molar-refractivity contribution in [3.05, 3.63) is 80.7 Å². The number of anilines is 1. The average Bonchev–Trinajstić information content (AvgIpc) is 3.14. The van der Waals surface area contributed by atoms with Crippen molar-refractivity contribution < 1.29 is 9.18 Å². The van der Waals surface area contributed by atoms with Gasteiger partial charge in [-0.3, -0.25) is 14.2 Å². The predicted octanol–water partition coefficient (Wildman–Crippen LogP) is 4.13. The summed E-state index contributed by atoms with van der Waals surface area (Å²) in [6.07, 6.45) is 1.48. The number of aryl methyl sites for hydroxylation is 2. The second-order valence-electron chi connectivity index (χ2n) is 7.17. The van der Waals surface area contributed by atoms with Crippen LogP contribution in [0.4, 0.5) is 10.1 Å². The van der Waals surface area contributed by atoms with Crippen LogP contribution in [0.3, 0.4) is 0 Å². The number of benzene rings is 2. The summed E-state index contributed by atoms with van der Waals surface area (Å²) in [7, 11) is 0. The number of halogens is 2. The fourth-order valence-electron chi connectivity index (χ4n) is 3.26. The third-order valence-electron chi connectivity index (χ3n) is 4.92. The molecule has 0 bridgehead atoms. The first-order chi connectivity index (χ1) is 14.8. The van der Waals surface area contributed by atoms with Gasteiger partial charge in [0.15, 0.2) is 5.65 Å². The van der Waals surface area contributed by atoms with Crippen molar-refractivity contribution in [1.29, 1.82) is 0 Å². The number of fused-ring (bicyclic) bond motifs is 1. The van der Waals surface area contributed by atoms with E-state index in [1.165, 1.54) is 22.9 Å². The van der Waals surface area contributed by atoms with Crippen molar-refractivity contribution in [1.82, 2.24) is 19.3 Å². The van der Waals surface area contributed by atoms with Crippen LogP contribution in [0.15, 0.2) is 57.9 Å². The number of carbonyl (C=O) groups is 1. The number of nitrogens with zero attached hydrogens (tertiary/aromatic N) is 4. The van der Waals surface area contributed by atoms with Crippen LogP contribution in [0, 0.1) is 19.7 Å². The van der Waals surface area contributed by atoms with E-state index in [1.54, 1.807) is 17.7 Å². The van der Waals surface area contributed by atoms with Gasteiger partial charge in [0.2, 0.25) is 5.91 Å². The second-order valence-corrected chi connectivity index (χ2v) is 8.08. The minimum Gasteiger partial charge on any atom is -0.324 e. The smallest absolute Gasteiger partial charge is 0.264 e. The van der Waals surface area contributed by atoms with E-state index >= 15 is 0 Å². The van der Waals surface area contributed by atoms with Crippen LogP contribution in [0.1, 0.15) is 17.8 Å². The quantitative estimate of drug-likeness (QED) is 0.462. The lowest BCUT2D eigenvalue weighted by molar-refractivity contribution is -0.116. The van der Waals surface area contributed by atoms with Crippen molar-refractivity contribution in [2.45, 2.75) is 26.8 Å². The van der Waals surface area contributed by atoms with Gasteiger partial charge in [-0.25, -0.2) is 14.1 Å². The summed E-state index contributed by atoms with van der Waals surface area (Å²) in [6, 6.07) is 12.1. The second kappa shape index (κ2) is 8.43. The molecule has 31 heavy (non-hydrogen) atoms. The summed E-state index contributed by atoms with van der Waals surface area (Å²) >= 11 is 3.17. The van der Waals surface area contributed by atoms with Crippen molar-refractivity contribution in [3.63, 3.8) is 0 Å². The average molecular weight is 484 g/mol. The third-order valence-corrected chi connectivity index (χ3v) is 5.42. The first-order valence-corrected chi connectivity index (χ1v) is 10.4. The maximum absolute atomic E-state index is 13.9. The van der Waals surface area contributed by atoms with Crippen LogP contribution >= 0.6 is 15.9 Å². The van der Waals surface area contributed by atoms with E-state index in [-0.39, 0.29) is 24.2 Å². The molecule has 2 aromatic carbocycles. The van der Waals surface area contributed by atoms with Gasteiger partial charge in [-0.05, 0) is 44.2 Å². The first-order valence-electron chi connectivity index (χ1n) is 9.60. The Hall–Kier alpha value is -3.33. The molecule has 2 aromatic heterocycles. The van der Waals surface area contributed by atoms with Gasteiger partial charge in [-0.2, -0.15) is 5.10 Å². The Bertz CT molecular complexity index is 1340. The lowest BCUT2D eigenvalue weighted by Crippen LogP contribution is -2.26. The molecule has 0 atom stereocenters. The number of nitrogens with one attached hydrogen (secondary N) is 1. The number of hydrogen-bond acceptors (Lipinski definition) is 4. The van der Waals surface area contributed by atoms with E-state index in [4.69, 9.17) is 0 Å². The molecule has 0 saturated carbocycles. The normalized spacial score (nSPS) is 11.1. The van der Waals surface area contributed by atoms with Crippen molar-refractivity contribution in [2.75, 3.05) is 5.32 Å². The molecule has 4 aromatic rings. The van der Waals surface area contributed by atoms with E-state index < -0.39 is 11.7 Å². The van der Waals surface area contributed by atoms with Crippen LogP contribution < -0.4 is 10.9 Å². The van der Waals surface area contributed by atoms with Gasteiger partial charge in [0.25, 0.3) is 5.56 Å². The molecule has 0 fully saturated rings. The molecule has 2 heterocycles. The Morgan fingerprint density at radius 3 is 2.61 bits per heavy atom. The molecule has 0 aliphatic carbocycles. The Kier molecular flexibility index (Phi) is 5.69. The SMILES string of the molecule is Cc1ccc(-n2ncc3c(=O)n(CCC(=O)Nc4ccc(Br)cc4F)c(C)nc32)cc1. The van der Waals surface area contributed by atoms with Crippen molar-refractivity contribution in [3.8, 4) is 5.69 Å². The van der Waals surface area contributed by atoms with Crippen LogP contribution in [-0.4, -0.2) is 25.2 Å². The highest BCUT2D eigenvalue weighted by molar-refractivity contribution is 9.10. The van der Waals surface area contributed by atoms with Crippen LogP contribution in [0.2, 0.25) is 0 Å². The standard InChI is InChI=1S/C22H19BrFN5O2/c1-13-3-6-16(7-4-13)29-21-17(12-25-29)22(31)28(14(2)26-21)10-9-20(30)27-19-8-5-15(23)11-18(19)24/h3-8,11-12H,9-10H2,1-2H3,(H,27,30). The van der Waals surface area contributed by atoms with Crippen LogP contribution in [-0.2, 0) is 11.3 Å². The largest absolute Gasteiger partial charge is 0.324 e. The molecule has 158 valence electrons. The molecule has 9 heteroatoms. The third kappa shape index (κ3) is 4.27. The molecular formula is C22H19BrFN5O2. The number of hydrogen-bond donors (Lipinski definition) is 1. The number of amides is 1. The highest BCUT2D eigenvalue weighted by atomic mass is 79.9. The highest BCUT2D eigenvalue weighted by Gasteiger charge is 2.15. The summed E-state index contributed by atoms with van der Waals surface area (Å²) in [5, 5.41) is 7.22. The van der Waals surface area contributed by atoms with Crippen molar-refractivity contribution >= 4 is 38.6 Å². The van der Waals surface area contributed by atoms with E-state index in [0.717, 1.165) is 11.3 Å². The summed E-state index contributed by atoms with van der Waals surface area (Å²) in [5.74, 6) is -0.473. The topological polar surface area (TPSA) is 81.8 Å². The minimum absolute atomic E-state index is 0.00443. The van der Waals surface area contributed by atoms with Gasteiger partial charge in [0, 0.05) is 17.4 Å². The summed E-state index contributed by atoms with van der Waals surface area (Å²) in [6.45, 7) is 3.82. The Morgan fingerprint density at radius 2 is 1.90 bits per heavy atom. The molecule has 7 nitrogen and oxygen atoms in total. The van der Waals surface area contributed by atoms with Gasteiger partial charge in [-0.1, -0.05) is 33.6 Å². The number of aromatic nitrogens is 4. The Labute approximate surface area is 185 Å². The van der Waals surface area contributed by atoms with E-state index in [2.05, 4.69) is 31.3 Å². The van der Waals surface area contributed by atoms with Crippen molar-refractivity contribution in [2.24, 2.45) is 0 Å². The van der Waals surface area contributed by atoms with E-state index in [9.17, 15) is 14.0 Å². The fourth-order valence-corrected chi connectivity index (χ4v) is 3.59. The number of carbonyl (C=O) groups excluding carboxylic acids is 1. The first kappa shape index (κ1) is 20.9. The summed E-state index contributed by atoms with van der Waals surface area (Å²) < 4.78 is 17.6. The van der Waals surface area contributed by atoms with E-state index in [0.29, 0.717) is 21.3 Å². The zero-order valence-corrected chi connectivity index (χ0v) is 18.5. The fraction of sp³-hybridized carbons (Fsp3) is 0.182. The molecule has 0 unspecified atom stereocenters. The van der Waals surface area contributed by atoms with Crippen LogP contribution in [0.5, 0.6) is 0 Å². The molecule has 4 rings (SSSR count). The van der Waals surface area contributed by atoms with Gasteiger partial charge in [-0.15, -0.1) is 0 Å². The zero-order valence-electron chi connectivity index (χ0n) is 16.9. The summed E-state index contributed by atoms with van der Waals surface area (Å²) in [4.78, 5) is 29.8. The minimum atomic E-state index is -0.539. The lowest BCUT2D eigenvalue weighted by Gasteiger charge is -2.11. The molecular weight excluding hydrogens is 465 g/mol. The van der Waals surface area contributed by atoms with Gasteiger partial charge < -0.3 is 5.32 Å². The molecule has 0 aliphatic rings. The lowest BCUT2D eigenvalue weighted by atomic mass is 10.2. The Balaban J connectivity index is 1.56. The highest BCUT2D eigenvalue weighted by Crippen LogP contribution is 2.20. The van der Waals surface area contributed by atoms with Crippen LogP contribution in [0.25, 0.3) is 16.7 Å². The predicted molar refractivity (Wildman–Crippen MR) is 120 cm³/mol. The Morgan fingerprint density at radius 1 is 1.16 bits per heavy atom. The molecule has 0 spiro atoms. The van der Waals surface area contributed by atoms with Gasteiger partial charge in [0.05, 0.1) is 17.6 Å².